The van der Waals surface area contributed by atoms with Crippen molar-refractivity contribution in [3.05, 3.63) is 22.8 Å². The van der Waals surface area contributed by atoms with Gasteiger partial charge in [0.2, 0.25) is 0 Å². The third-order valence-corrected chi connectivity index (χ3v) is 3.01. The van der Waals surface area contributed by atoms with Crippen molar-refractivity contribution in [3.63, 3.8) is 0 Å². The zero-order chi connectivity index (χ0) is 11.9. The van der Waals surface area contributed by atoms with Gasteiger partial charge < -0.3 is 4.74 Å². The number of aryl methyl sites for hydroxylation is 2. The number of esters is 1. The zero-order valence-corrected chi connectivity index (χ0v) is 10.1. The van der Waals surface area contributed by atoms with E-state index in [0.717, 1.165) is 29.2 Å². The highest BCUT2D eigenvalue weighted by molar-refractivity contribution is 5.66. The average molecular weight is 220 g/mol. The van der Waals surface area contributed by atoms with E-state index in [-0.39, 0.29) is 12.1 Å². The molecule has 1 aromatic rings. The van der Waals surface area contributed by atoms with E-state index in [1.54, 1.807) is 0 Å². The van der Waals surface area contributed by atoms with Gasteiger partial charge in [-0.05, 0) is 20.3 Å². The number of fused-ring (bicyclic) bond motifs is 1. The lowest BCUT2D eigenvalue weighted by atomic mass is 10.1. The lowest BCUT2D eigenvalue weighted by Crippen LogP contribution is -2.08. The predicted molar refractivity (Wildman–Crippen MR) is 59.0 cm³/mol. The van der Waals surface area contributed by atoms with Crippen LogP contribution in [0.4, 0.5) is 0 Å². The SMILES string of the molecule is CC(=O)OC1CC(C)c2nc(C)c(C)nc21. The van der Waals surface area contributed by atoms with E-state index in [0.29, 0.717) is 5.92 Å². The van der Waals surface area contributed by atoms with Crippen LogP contribution in [0.15, 0.2) is 0 Å². The molecule has 4 heteroatoms. The molecule has 2 rings (SSSR count). The third-order valence-electron chi connectivity index (χ3n) is 3.01. The van der Waals surface area contributed by atoms with Crippen LogP contribution in [0.25, 0.3) is 0 Å². The van der Waals surface area contributed by atoms with E-state index >= 15 is 0 Å². The fraction of sp³-hybridized carbons (Fsp3) is 0.583. The van der Waals surface area contributed by atoms with Gasteiger partial charge in [-0.15, -0.1) is 0 Å². The van der Waals surface area contributed by atoms with Crippen LogP contribution in [0.1, 0.15) is 55.1 Å². The first-order valence-corrected chi connectivity index (χ1v) is 5.51. The Bertz CT molecular complexity index is 443. The number of carbonyl (C=O) groups excluding carboxylic acids is 1. The summed E-state index contributed by atoms with van der Waals surface area (Å²) in [6.07, 6.45) is 0.576. The van der Waals surface area contributed by atoms with Crippen LogP contribution in [-0.4, -0.2) is 15.9 Å². The second-order valence-electron chi connectivity index (χ2n) is 4.40. The Balaban J connectivity index is 2.41. The van der Waals surface area contributed by atoms with Gasteiger partial charge in [0, 0.05) is 12.8 Å². The van der Waals surface area contributed by atoms with Gasteiger partial charge in [-0.1, -0.05) is 6.92 Å². The number of ether oxygens (including phenoxy) is 1. The molecular weight excluding hydrogens is 204 g/mol. The largest absolute Gasteiger partial charge is 0.456 e. The van der Waals surface area contributed by atoms with Crippen molar-refractivity contribution in [2.24, 2.45) is 0 Å². The highest BCUT2D eigenvalue weighted by atomic mass is 16.5. The molecular formula is C12H16N2O2. The van der Waals surface area contributed by atoms with Gasteiger partial charge in [-0.2, -0.15) is 0 Å². The minimum absolute atomic E-state index is 0.214. The van der Waals surface area contributed by atoms with Gasteiger partial charge in [0.05, 0.1) is 17.1 Å². The van der Waals surface area contributed by atoms with Crippen molar-refractivity contribution < 1.29 is 9.53 Å². The van der Waals surface area contributed by atoms with Crippen LogP contribution in [0, 0.1) is 13.8 Å². The minimum atomic E-state index is -0.259. The summed E-state index contributed by atoms with van der Waals surface area (Å²) in [6.45, 7) is 7.40. The topological polar surface area (TPSA) is 52.1 Å². The number of rotatable bonds is 1. The standard InChI is InChI=1S/C12H16N2O2/c1-6-5-10(16-9(4)15)12-11(6)13-7(2)8(3)14-12/h6,10H,5H2,1-4H3. The number of hydrogen-bond acceptors (Lipinski definition) is 4. The van der Waals surface area contributed by atoms with Crippen LogP contribution in [0.5, 0.6) is 0 Å². The summed E-state index contributed by atoms with van der Waals surface area (Å²) in [7, 11) is 0. The molecule has 1 aromatic heterocycles. The second kappa shape index (κ2) is 3.85. The van der Waals surface area contributed by atoms with Crippen LogP contribution in [0.3, 0.4) is 0 Å². The summed E-state index contributed by atoms with van der Waals surface area (Å²) in [6, 6.07) is 0. The summed E-state index contributed by atoms with van der Waals surface area (Å²) >= 11 is 0. The molecule has 4 nitrogen and oxygen atoms in total. The summed E-state index contributed by atoms with van der Waals surface area (Å²) in [5.41, 5.74) is 3.68. The molecule has 0 saturated carbocycles. The summed E-state index contributed by atoms with van der Waals surface area (Å²) in [4.78, 5) is 20.0. The van der Waals surface area contributed by atoms with Crippen LogP contribution < -0.4 is 0 Å². The van der Waals surface area contributed by atoms with Crippen LogP contribution in [0.2, 0.25) is 0 Å². The van der Waals surface area contributed by atoms with Crippen molar-refractivity contribution in [1.82, 2.24) is 9.97 Å². The third kappa shape index (κ3) is 1.79. The quantitative estimate of drug-likeness (QED) is 0.681. The molecule has 0 amide bonds. The molecule has 1 aliphatic rings. The molecule has 2 unspecified atom stereocenters. The van der Waals surface area contributed by atoms with Gasteiger partial charge >= 0.3 is 5.97 Å². The number of nitrogens with zero attached hydrogens (tertiary/aromatic N) is 2. The molecule has 0 saturated heterocycles. The number of hydrogen-bond donors (Lipinski definition) is 0. The summed E-state index contributed by atoms with van der Waals surface area (Å²) in [5, 5.41) is 0. The normalized spacial score (nSPS) is 23.0. The first kappa shape index (κ1) is 11.0. The fourth-order valence-corrected chi connectivity index (χ4v) is 2.09. The van der Waals surface area contributed by atoms with Crippen molar-refractivity contribution >= 4 is 5.97 Å². The van der Waals surface area contributed by atoms with Gasteiger partial charge in [-0.3, -0.25) is 14.8 Å². The van der Waals surface area contributed by atoms with Gasteiger partial charge in [0.25, 0.3) is 0 Å². The Morgan fingerprint density at radius 1 is 1.25 bits per heavy atom. The summed E-state index contributed by atoms with van der Waals surface area (Å²) < 4.78 is 5.26. The minimum Gasteiger partial charge on any atom is -0.456 e. The Morgan fingerprint density at radius 2 is 1.81 bits per heavy atom. The average Bonchev–Trinajstić information content (AvgIpc) is 2.44. The molecule has 0 radical (unpaired) electrons. The Hall–Kier alpha value is -1.45. The van der Waals surface area contributed by atoms with Gasteiger partial charge in [0.1, 0.15) is 11.8 Å². The lowest BCUT2D eigenvalue weighted by Gasteiger charge is -2.11. The molecule has 0 aliphatic heterocycles. The molecule has 0 N–H and O–H groups in total. The Kier molecular flexibility index (Phi) is 2.66. The van der Waals surface area contributed by atoms with Crippen molar-refractivity contribution in [1.29, 1.82) is 0 Å². The summed E-state index contributed by atoms with van der Waals surface area (Å²) in [5.74, 6) is 0.0521. The van der Waals surface area contributed by atoms with E-state index in [1.807, 2.05) is 13.8 Å². The van der Waals surface area contributed by atoms with Gasteiger partial charge in [-0.25, -0.2) is 0 Å². The van der Waals surface area contributed by atoms with Crippen LogP contribution in [-0.2, 0) is 9.53 Å². The highest BCUT2D eigenvalue weighted by Gasteiger charge is 2.33. The Labute approximate surface area is 95.1 Å². The molecule has 86 valence electrons. The van der Waals surface area contributed by atoms with Crippen LogP contribution >= 0.6 is 0 Å². The maximum absolute atomic E-state index is 11.0. The molecule has 16 heavy (non-hydrogen) atoms. The van der Waals surface area contributed by atoms with E-state index in [9.17, 15) is 4.79 Å². The maximum atomic E-state index is 11.0. The second-order valence-corrected chi connectivity index (χ2v) is 4.40. The monoisotopic (exact) mass is 220 g/mol. The van der Waals surface area contributed by atoms with Crippen molar-refractivity contribution in [2.45, 2.75) is 46.1 Å². The zero-order valence-electron chi connectivity index (χ0n) is 10.1. The molecule has 0 fully saturated rings. The smallest absolute Gasteiger partial charge is 0.303 e. The highest BCUT2D eigenvalue weighted by Crippen LogP contribution is 2.40. The first-order chi connectivity index (χ1) is 7.49. The first-order valence-electron chi connectivity index (χ1n) is 5.51. The van der Waals surface area contributed by atoms with Crippen molar-refractivity contribution in [2.75, 3.05) is 0 Å². The molecule has 1 aliphatic carbocycles. The fourth-order valence-electron chi connectivity index (χ4n) is 2.09. The Morgan fingerprint density at radius 3 is 2.38 bits per heavy atom. The van der Waals surface area contributed by atoms with E-state index in [4.69, 9.17) is 4.74 Å². The predicted octanol–water partition coefficient (Wildman–Crippen LogP) is 2.20. The maximum Gasteiger partial charge on any atom is 0.303 e. The molecule has 0 spiro atoms. The molecule has 0 aromatic carbocycles. The van der Waals surface area contributed by atoms with E-state index in [2.05, 4.69) is 16.9 Å². The lowest BCUT2D eigenvalue weighted by molar-refractivity contribution is -0.146. The van der Waals surface area contributed by atoms with Crippen molar-refractivity contribution in [3.8, 4) is 0 Å². The molecule has 0 bridgehead atoms. The molecule has 2 atom stereocenters. The number of aromatic nitrogens is 2. The van der Waals surface area contributed by atoms with E-state index < -0.39 is 0 Å². The molecule has 1 heterocycles. The number of carbonyl (C=O) groups is 1. The van der Waals surface area contributed by atoms with E-state index in [1.165, 1.54) is 6.92 Å². The van der Waals surface area contributed by atoms with Gasteiger partial charge in [0.15, 0.2) is 0 Å².